The van der Waals surface area contributed by atoms with Crippen LogP contribution in [0.5, 0.6) is 0 Å². The Balaban J connectivity index is 1.97. The number of hydrogen-bond donors (Lipinski definition) is 2. The average Bonchev–Trinajstić information content (AvgIpc) is 2.81. The van der Waals surface area contributed by atoms with Gasteiger partial charge in [-0.15, -0.1) is 11.3 Å². The number of benzene rings is 1. The second kappa shape index (κ2) is 7.64. The van der Waals surface area contributed by atoms with Gasteiger partial charge in [0.25, 0.3) is 5.91 Å². The minimum absolute atomic E-state index is 0.128. The number of nitrogen functional groups attached to an aromatic ring is 1. The van der Waals surface area contributed by atoms with Crippen molar-refractivity contribution in [2.75, 3.05) is 26.0 Å². The first-order valence-electron chi connectivity index (χ1n) is 6.88. The average molecular weight is 327 g/mol. The van der Waals surface area contributed by atoms with Crippen molar-refractivity contribution < 1.29 is 9.53 Å². The summed E-state index contributed by atoms with van der Waals surface area (Å²) in [5, 5.41) is 4.26. The minimum atomic E-state index is -0.128. The van der Waals surface area contributed by atoms with Crippen LogP contribution in [-0.4, -0.2) is 26.2 Å². The van der Waals surface area contributed by atoms with Gasteiger partial charge in [-0.3, -0.25) is 4.79 Å². The smallest absolute Gasteiger partial charge is 0.263 e. The van der Waals surface area contributed by atoms with E-state index in [2.05, 4.69) is 5.32 Å². The van der Waals surface area contributed by atoms with E-state index in [4.69, 9.17) is 22.1 Å². The molecule has 0 aliphatic carbocycles. The van der Waals surface area contributed by atoms with Crippen molar-refractivity contribution in [3.8, 4) is 0 Å². The summed E-state index contributed by atoms with van der Waals surface area (Å²) in [6.07, 6.45) is 2.97. The molecule has 2 aromatic rings. The van der Waals surface area contributed by atoms with Crippen LogP contribution in [0.25, 0.3) is 10.1 Å². The Labute approximate surface area is 133 Å². The number of hydrogen-bond acceptors (Lipinski definition) is 4. The Morgan fingerprint density at radius 2 is 2.19 bits per heavy atom. The third-order valence-corrected chi connectivity index (χ3v) is 4.70. The van der Waals surface area contributed by atoms with Gasteiger partial charge in [0.05, 0.1) is 10.7 Å². The summed E-state index contributed by atoms with van der Waals surface area (Å²) in [6, 6.07) is 5.56. The molecule has 1 amide bonds. The van der Waals surface area contributed by atoms with E-state index in [0.29, 0.717) is 22.1 Å². The van der Waals surface area contributed by atoms with Gasteiger partial charge in [-0.05, 0) is 31.4 Å². The molecular formula is C15H19ClN2O2S. The van der Waals surface area contributed by atoms with Crippen molar-refractivity contribution >= 4 is 44.6 Å². The highest BCUT2D eigenvalue weighted by molar-refractivity contribution is 7.21. The zero-order valence-corrected chi connectivity index (χ0v) is 13.5. The monoisotopic (exact) mass is 326 g/mol. The van der Waals surface area contributed by atoms with Crippen molar-refractivity contribution in [2.24, 2.45) is 0 Å². The Bertz CT molecular complexity index is 627. The number of ether oxygens (including phenoxy) is 1. The number of nitrogens with two attached hydrogens (primary N) is 1. The minimum Gasteiger partial charge on any atom is -0.397 e. The highest BCUT2D eigenvalue weighted by atomic mass is 35.5. The van der Waals surface area contributed by atoms with Crippen molar-refractivity contribution in [1.82, 2.24) is 5.32 Å². The van der Waals surface area contributed by atoms with Gasteiger partial charge in [-0.1, -0.05) is 17.7 Å². The number of halogens is 1. The molecule has 6 heteroatoms. The molecule has 0 aliphatic rings. The standard InChI is InChI=1S/C15H19ClN2O2S/c1-20-9-4-2-3-8-18-15(19)14-13(17)12-10(16)6-5-7-11(12)21-14/h5-7H,2-4,8-9,17H2,1H3,(H,18,19). The quantitative estimate of drug-likeness (QED) is 0.763. The van der Waals surface area contributed by atoms with E-state index in [1.165, 1.54) is 11.3 Å². The van der Waals surface area contributed by atoms with Crippen LogP contribution in [0.15, 0.2) is 18.2 Å². The van der Waals surface area contributed by atoms with Gasteiger partial charge in [0, 0.05) is 30.3 Å². The van der Waals surface area contributed by atoms with Crippen LogP contribution in [0.4, 0.5) is 5.69 Å². The fourth-order valence-electron chi connectivity index (χ4n) is 2.13. The summed E-state index contributed by atoms with van der Waals surface area (Å²) in [7, 11) is 1.69. The first kappa shape index (κ1) is 16.1. The largest absolute Gasteiger partial charge is 0.397 e. The molecule has 0 spiro atoms. The van der Waals surface area contributed by atoms with Gasteiger partial charge >= 0.3 is 0 Å². The van der Waals surface area contributed by atoms with E-state index in [-0.39, 0.29) is 5.91 Å². The molecule has 1 heterocycles. The number of unbranched alkanes of at least 4 members (excludes halogenated alkanes) is 2. The molecule has 0 atom stereocenters. The number of carbonyl (C=O) groups is 1. The lowest BCUT2D eigenvalue weighted by Gasteiger charge is -2.04. The number of carbonyl (C=O) groups excluding carboxylic acids is 1. The van der Waals surface area contributed by atoms with Gasteiger partial charge < -0.3 is 15.8 Å². The molecule has 114 valence electrons. The van der Waals surface area contributed by atoms with Crippen molar-refractivity contribution in [3.05, 3.63) is 28.1 Å². The van der Waals surface area contributed by atoms with E-state index in [1.807, 2.05) is 12.1 Å². The Hall–Kier alpha value is -1.30. The predicted molar refractivity (Wildman–Crippen MR) is 89.3 cm³/mol. The third-order valence-electron chi connectivity index (χ3n) is 3.22. The fourth-order valence-corrected chi connectivity index (χ4v) is 3.53. The van der Waals surface area contributed by atoms with Crippen LogP contribution in [0, 0.1) is 0 Å². The van der Waals surface area contributed by atoms with Gasteiger partial charge in [-0.25, -0.2) is 0 Å². The fraction of sp³-hybridized carbons (Fsp3) is 0.400. The topological polar surface area (TPSA) is 64.3 Å². The molecule has 4 nitrogen and oxygen atoms in total. The SMILES string of the molecule is COCCCCCNC(=O)c1sc2cccc(Cl)c2c1N. The van der Waals surface area contributed by atoms with Crippen LogP contribution in [-0.2, 0) is 4.74 Å². The second-order valence-electron chi connectivity index (χ2n) is 4.77. The molecule has 21 heavy (non-hydrogen) atoms. The number of anilines is 1. The molecule has 2 rings (SSSR count). The Kier molecular flexibility index (Phi) is 5.85. The molecule has 1 aromatic carbocycles. The summed E-state index contributed by atoms with van der Waals surface area (Å²) in [4.78, 5) is 12.7. The van der Waals surface area contributed by atoms with Crippen molar-refractivity contribution in [3.63, 3.8) is 0 Å². The summed E-state index contributed by atoms with van der Waals surface area (Å²) < 4.78 is 5.92. The molecule has 0 saturated heterocycles. The predicted octanol–water partition coefficient (Wildman–Crippen LogP) is 3.68. The molecule has 1 aromatic heterocycles. The molecule has 0 fully saturated rings. The van der Waals surface area contributed by atoms with Crippen LogP contribution in [0.3, 0.4) is 0 Å². The van der Waals surface area contributed by atoms with E-state index < -0.39 is 0 Å². The van der Waals surface area contributed by atoms with Gasteiger partial charge in [0.2, 0.25) is 0 Å². The lowest BCUT2D eigenvalue weighted by molar-refractivity contribution is 0.0957. The number of fused-ring (bicyclic) bond motifs is 1. The van der Waals surface area contributed by atoms with Gasteiger partial charge in [0.15, 0.2) is 0 Å². The molecule has 0 unspecified atom stereocenters. The lowest BCUT2D eigenvalue weighted by atomic mass is 10.2. The normalized spacial score (nSPS) is 11.0. The Morgan fingerprint density at radius 1 is 1.38 bits per heavy atom. The highest BCUT2D eigenvalue weighted by Crippen LogP contribution is 2.37. The van der Waals surface area contributed by atoms with Crippen molar-refractivity contribution in [1.29, 1.82) is 0 Å². The van der Waals surface area contributed by atoms with Crippen LogP contribution in [0.2, 0.25) is 5.02 Å². The number of thiophene rings is 1. The van der Waals surface area contributed by atoms with E-state index in [0.717, 1.165) is 36.0 Å². The van der Waals surface area contributed by atoms with E-state index >= 15 is 0 Å². The summed E-state index contributed by atoms with van der Waals surface area (Å²) >= 11 is 7.52. The molecule has 0 bridgehead atoms. The number of rotatable bonds is 7. The third kappa shape index (κ3) is 3.87. The molecule has 0 saturated carbocycles. The second-order valence-corrected chi connectivity index (χ2v) is 6.23. The first-order valence-corrected chi connectivity index (χ1v) is 8.08. The maximum Gasteiger partial charge on any atom is 0.263 e. The maximum absolute atomic E-state index is 12.2. The van der Waals surface area contributed by atoms with Gasteiger partial charge in [-0.2, -0.15) is 0 Å². The van der Waals surface area contributed by atoms with E-state index in [9.17, 15) is 4.79 Å². The number of nitrogens with one attached hydrogen (secondary N) is 1. The maximum atomic E-state index is 12.2. The summed E-state index contributed by atoms with van der Waals surface area (Å²) in [5.74, 6) is -0.128. The molecular weight excluding hydrogens is 308 g/mol. The molecule has 3 N–H and O–H groups in total. The van der Waals surface area contributed by atoms with Crippen LogP contribution in [0.1, 0.15) is 28.9 Å². The number of amides is 1. The summed E-state index contributed by atoms with van der Waals surface area (Å²) in [5.41, 5.74) is 6.53. The zero-order chi connectivity index (χ0) is 15.2. The molecule has 0 radical (unpaired) electrons. The van der Waals surface area contributed by atoms with Crippen LogP contribution < -0.4 is 11.1 Å². The molecule has 0 aliphatic heterocycles. The van der Waals surface area contributed by atoms with Crippen molar-refractivity contribution in [2.45, 2.75) is 19.3 Å². The van der Waals surface area contributed by atoms with Crippen LogP contribution >= 0.6 is 22.9 Å². The zero-order valence-electron chi connectivity index (χ0n) is 11.9. The first-order chi connectivity index (χ1) is 10.1. The lowest BCUT2D eigenvalue weighted by Crippen LogP contribution is -2.24. The highest BCUT2D eigenvalue weighted by Gasteiger charge is 2.17. The van der Waals surface area contributed by atoms with Gasteiger partial charge in [0.1, 0.15) is 4.88 Å². The summed E-state index contributed by atoms with van der Waals surface area (Å²) in [6.45, 7) is 1.40. The Morgan fingerprint density at radius 3 is 2.90 bits per heavy atom. The van der Waals surface area contributed by atoms with E-state index in [1.54, 1.807) is 13.2 Å². The number of methoxy groups -OCH3 is 1.